The second kappa shape index (κ2) is 7.15. The molecular weight excluding hydrogens is 322 g/mol. The van der Waals surface area contributed by atoms with Crippen molar-refractivity contribution in [1.29, 1.82) is 0 Å². The number of para-hydroxylation sites is 1. The van der Waals surface area contributed by atoms with Crippen LogP contribution in [0.2, 0.25) is 0 Å². The van der Waals surface area contributed by atoms with Crippen LogP contribution >= 0.6 is 11.3 Å². The van der Waals surface area contributed by atoms with Crippen molar-refractivity contribution in [3.05, 3.63) is 53.4 Å². The monoisotopic (exact) mass is 343 g/mol. The maximum absolute atomic E-state index is 12.5. The van der Waals surface area contributed by atoms with Gasteiger partial charge in [-0.3, -0.25) is 9.69 Å². The van der Waals surface area contributed by atoms with Gasteiger partial charge in [-0.2, -0.15) is 0 Å². The maximum atomic E-state index is 12.5. The SMILES string of the molecule is C[C@@H](c1nc2ccccc2s1)N(C)C(=O)CN(C)Cc1ccco1. The highest BCUT2D eigenvalue weighted by Crippen LogP contribution is 2.28. The number of benzene rings is 1. The van der Waals surface area contributed by atoms with Crippen molar-refractivity contribution >= 4 is 27.5 Å². The van der Waals surface area contributed by atoms with Gasteiger partial charge in [-0.1, -0.05) is 12.1 Å². The summed E-state index contributed by atoms with van der Waals surface area (Å²) >= 11 is 1.64. The molecule has 24 heavy (non-hydrogen) atoms. The lowest BCUT2D eigenvalue weighted by molar-refractivity contribution is -0.132. The Morgan fingerprint density at radius 2 is 2.04 bits per heavy atom. The van der Waals surface area contributed by atoms with E-state index in [1.807, 2.05) is 56.3 Å². The largest absolute Gasteiger partial charge is 0.468 e. The average molecular weight is 343 g/mol. The van der Waals surface area contributed by atoms with E-state index in [0.717, 1.165) is 21.0 Å². The Balaban J connectivity index is 1.63. The average Bonchev–Trinajstić information content (AvgIpc) is 3.22. The first-order valence-corrected chi connectivity index (χ1v) is 8.68. The molecule has 2 heterocycles. The smallest absolute Gasteiger partial charge is 0.237 e. The van der Waals surface area contributed by atoms with Gasteiger partial charge >= 0.3 is 0 Å². The molecule has 3 aromatic rings. The summed E-state index contributed by atoms with van der Waals surface area (Å²) in [5.74, 6) is 0.919. The molecule has 0 aliphatic carbocycles. The van der Waals surface area contributed by atoms with Gasteiger partial charge in [0.15, 0.2) is 0 Å². The maximum Gasteiger partial charge on any atom is 0.237 e. The molecule has 0 spiro atoms. The Morgan fingerprint density at radius 3 is 2.75 bits per heavy atom. The Labute approximate surface area is 145 Å². The summed E-state index contributed by atoms with van der Waals surface area (Å²) in [7, 11) is 3.75. The first-order chi connectivity index (χ1) is 11.5. The molecule has 2 aromatic heterocycles. The minimum absolute atomic E-state index is 0.0492. The van der Waals surface area contributed by atoms with Crippen LogP contribution in [-0.4, -0.2) is 41.3 Å². The number of hydrogen-bond donors (Lipinski definition) is 0. The highest BCUT2D eigenvalue weighted by Gasteiger charge is 2.21. The first-order valence-electron chi connectivity index (χ1n) is 7.86. The standard InChI is InChI=1S/C18H21N3O2S/c1-13(18-19-15-8-4-5-9-16(15)24-18)21(3)17(22)12-20(2)11-14-7-6-10-23-14/h4-10,13H,11-12H2,1-3H3/t13-/m0/s1. The van der Waals surface area contributed by atoms with Crippen molar-refractivity contribution in [2.75, 3.05) is 20.6 Å². The molecule has 0 bridgehead atoms. The molecule has 0 fully saturated rings. The zero-order chi connectivity index (χ0) is 17.1. The van der Waals surface area contributed by atoms with Gasteiger partial charge in [-0.05, 0) is 38.2 Å². The molecule has 126 valence electrons. The molecule has 0 unspecified atom stereocenters. The van der Waals surface area contributed by atoms with Crippen LogP contribution in [0.3, 0.4) is 0 Å². The number of carbonyl (C=O) groups excluding carboxylic acids is 1. The zero-order valence-corrected chi connectivity index (χ0v) is 14.9. The normalized spacial score (nSPS) is 12.7. The molecule has 0 N–H and O–H groups in total. The second-order valence-electron chi connectivity index (χ2n) is 5.95. The van der Waals surface area contributed by atoms with Crippen molar-refractivity contribution in [2.24, 2.45) is 0 Å². The van der Waals surface area contributed by atoms with E-state index >= 15 is 0 Å². The minimum atomic E-state index is -0.0492. The number of carbonyl (C=O) groups is 1. The predicted molar refractivity (Wildman–Crippen MR) is 95.8 cm³/mol. The number of likely N-dealkylation sites (N-methyl/N-ethyl adjacent to an activating group) is 2. The second-order valence-corrected chi connectivity index (χ2v) is 7.01. The highest BCUT2D eigenvalue weighted by atomic mass is 32.1. The number of thiazole rings is 1. The third-order valence-corrected chi connectivity index (χ3v) is 5.26. The van der Waals surface area contributed by atoms with Crippen LogP contribution in [0.25, 0.3) is 10.2 Å². The van der Waals surface area contributed by atoms with Gasteiger partial charge in [-0.15, -0.1) is 11.3 Å². The summed E-state index contributed by atoms with van der Waals surface area (Å²) in [6.45, 7) is 2.97. The van der Waals surface area contributed by atoms with Crippen LogP contribution in [-0.2, 0) is 11.3 Å². The Bertz CT molecular complexity index is 780. The molecule has 1 amide bonds. The van der Waals surface area contributed by atoms with Crippen LogP contribution in [0.15, 0.2) is 47.1 Å². The van der Waals surface area contributed by atoms with Crippen molar-refractivity contribution in [3.8, 4) is 0 Å². The lowest BCUT2D eigenvalue weighted by Gasteiger charge is -2.25. The number of rotatable bonds is 6. The van der Waals surface area contributed by atoms with Gasteiger partial charge in [0, 0.05) is 7.05 Å². The molecule has 0 saturated carbocycles. The predicted octanol–water partition coefficient (Wildman–Crippen LogP) is 3.54. The molecule has 3 rings (SSSR count). The van der Waals surface area contributed by atoms with Gasteiger partial charge in [-0.25, -0.2) is 4.98 Å². The number of nitrogens with zero attached hydrogens (tertiary/aromatic N) is 3. The zero-order valence-electron chi connectivity index (χ0n) is 14.1. The first kappa shape index (κ1) is 16.7. The number of hydrogen-bond acceptors (Lipinski definition) is 5. The lowest BCUT2D eigenvalue weighted by Crippen LogP contribution is -2.37. The summed E-state index contributed by atoms with van der Waals surface area (Å²) in [5.41, 5.74) is 0.986. The number of amides is 1. The van der Waals surface area contributed by atoms with Gasteiger partial charge in [0.25, 0.3) is 0 Å². The summed E-state index contributed by atoms with van der Waals surface area (Å²) in [4.78, 5) is 20.9. The fourth-order valence-electron chi connectivity index (χ4n) is 2.52. The molecular formula is C18H21N3O2S. The molecule has 1 atom stereocenters. The van der Waals surface area contributed by atoms with Crippen LogP contribution in [0.4, 0.5) is 0 Å². The van der Waals surface area contributed by atoms with E-state index in [1.54, 1.807) is 22.5 Å². The van der Waals surface area contributed by atoms with E-state index in [0.29, 0.717) is 13.1 Å². The molecule has 1 aromatic carbocycles. The number of fused-ring (bicyclic) bond motifs is 1. The third kappa shape index (κ3) is 3.66. The number of furan rings is 1. The van der Waals surface area contributed by atoms with Gasteiger partial charge in [0.1, 0.15) is 10.8 Å². The van der Waals surface area contributed by atoms with Gasteiger partial charge in [0.2, 0.25) is 5.91 Å². The van der Waals surface area contributed by atoms with E-state index < -0.39 is 0 Å². The summed E-state index contributed by atoms with van der Waals surface area (Å²) in [6, 6.07) is 11.8. The summed E-state index contributed by atoms with van der Waals surface area (Å²) < 4.78 is 6.47. The van der Waals surface area contributed by atoms with Crippen LogP contribution in [0.5, 0.6) is 0 Å². The topological polar surface area (TPSA) is 49.6 Å². The molecule has 0 aliphatic rings. The minimum Gasteiger partial charge on any atom is -0.468 e. The van der Waals surface area contributed by atoms with Crippen LogP contribution < -0.4 is 0 Å². The Kier molecular flexibility index (Phi) is 4.97. The van der Waals surface area contributed by atoms with Gasteiger partial charge < -0.3 is 9.32 Å². The van der Waals surface area contributed by atoms with E-state index in [9.17, 15) is 4.79 Å². The van der Waals surface area contributed by atoms with Crippen molar-refractivity contribution in [3.63, 3.8) is 0 Å². The van der Waals surface area contributed by atoms with E-state index in [2.05, 4.69) is 11.1 Å². The quantitative estimate of drug-likeness (QED) is 0.687. The molecule has 5 nitrogen and oxygen atoms in total. The Morgan fingerprint density at radius 1 is 1.25 bits per heavy atom. The van der Waals surface area contributed by atoms with E-state index in [1.165, 1.54) is 0 Å². The molecule has 0 saturated heterocycles. The Hall–Kier alpha value is -2.18. The van der Waals surface area contributed by atoms with Gasteiger partial charge in [0.05, 0.1) is 35.6 Å². The summed E-state index contributed by atoms with van der Waals surface area (Å²) in [5, 5.41) is 0.959. The van der Waals surface area contributed by atoms with E-state index in [-0.39, 0.29) is 11.9 Å². The molecule has 0 radical (unpaired) electrons. The molecule has 6 heteroatoms. The van der Waals surface area contributed by atoms with Crippen LogP contribution in [0, 0.1) is 0 Å². The van der Waals surface area contributed by atoms with Crippen molar-refractivity contribution < 1.29 is 9.21 Å². The number of aromatic nitrogens is 1. The highest BCUT2D eigenvalue weighted by molar-refractivity contribution is 7.18. The lowest BCUT2D eigenvalue weighted by atomic mass is 10.3. The third-order valence-electron chi connectivity index (χ3n) is 4.05. The summed E-state index contributed by atoms with van der Waals surface area (Å²) in [6.07, 6.45) is 1.65. The van der Waals surface area contributed by atoms with Crippen LogP contribution in [0.1, 0.15) is 23.7 Å². The van der Waals surface area contributed by atoms with Crippen molar-refractivity contribution in [1.82, 2.24) is 14.8 Å². The fourth-order valence-corrected chi connectivity index (χ4v) is 3.58. The molecule has 0 aliphatic heterocycles. The van der Waals surface area contributed by atoms with E-state index in [4.69, 9.17) is 4.42 Å². The van der Waals surface area contributed by atoms with Crippen molar-refractivity contribution in [2.45, 2.75) is 19.5 Å². The fraction of sp³-hybridized carbons (Fsp3) is 0.333.